The van der Waals surface area contributed by atoms with Crippen molar-refractivity contribution in [2.75, 3.05) is 18.0 Å². The van der Waals surface area contributed by atoms with Gasteiger partial charge in [-0.1, -0.05) is 0 Å². The fourth-order valence-corrected chi connectivity index (χ4v) is 1.94. The minimum Gasteiger partial charge on any atom is -0.356 e. The van der Waals surface area contributed by atoms with E-state index in [9.17, 15) is 10.1 Å². The van der Waals surface area contributed by atoms with Gasteiger partial charge >= 0.3 is 0 Å². The first-order valence-corrected chi connectivity index (χ1v) is 5.36. The highest BCUT2D eigenvalue weighted by Gasteiger charge is 2.18. The molecular weight excluding hydrogens is 208 g/mol. The molecule has 1 aromatic rings. The van der Waals surface area contributed by atoms with Crippen molar-refractivity contribution in [1.29, 1.82) is 0 Å². The van der Waals surface area contributed by atoms with Crippen LogP contribution in [0.5, 0.6) is 0 Å². The minimum absolute atomic E-state index is 0.222. The number of hydrogen-bond acceptors (Lipinski definition) is 5. The molecule has 1 aliphatic rings. The third-order valence-electron chi connectivity index (χ3n) is 2.68. The van der Waals surface area contributed by atoms with Gasteiger partial charge in [-0.3, -0.25) is 10.1 Å². The van der Waals surface area contributed by atoms with Gasteiger partial charge in [-0.25, -0.2) is 9.97 Å². The number of nitrogens with zero attached hydrogens (tertiary/aromatic N) is 4. The van der Waals surface area contributed by atoms with Crippen molar-refractivity contribution in [3.63, 3.8) is 0 Å². The molecule has 0 bridgehead atoms. The van der Waals surface area contributed by atoms with Gasteiger partial charge in [0.25, 0.3) is 0 Å². The summed E-state index contributed by atoms with van der Waals surface area (Å²) in [5.74, 6) is 0.673. The number of piperidine rings is 1. The fourth-order valence-electron chi connectivity index (χ4n) is 1.94. The molecule has 85 valence electrons. The highest BCUT2D eigenvalue weighted by Crippen LogP contribution is 2.21. The molecule has 0 saturated carbocycles. The summed E-state index contributed by atoms with van der Waals surface area (Å²) in [6, 6.07) is 0. The normalized spacial score (nSPS) is 16.1. The first-order valence-electron chi connectivity index (χ1n) is 5.36. The highest BCUT2D eigenvalue weighted by atomic mass is 16.6. The van der Waals surface area contributed by atoms with Crippen LogP contribution in [0.2, 0.25) is 0 Å². The first-order chi connectivity index (χ1) is 7.77. The molecule has 0 spiro atoms. The molecule has 6 nitrogen and oxygen atoms in total. The Hall–Kier alpha value is -1.72. The summed E-state index contributed by atoms with van der Waals surface area (Å²) in [6.07, 6.45) is 7.44. The average molecular weight is 221 g/mol. The fraction of sp³-hybridized carbons (Fsp3) is 0.600. The second-order valence-corrected chi connectivity index (χ2v) is 3.86. The van der Waals surface area contributed by atoms with Gasteiger partial charge in [-0.2, -0.15) is 0 Å². The standard InChI is InChI=1S/C10H13N4O2/c15-14(16)7-9-6-11-8-12-10(9)13-4-2-1-3-5-13/h6H,1-5,7H2. The number of aromatic nitrogens is 2. The molecule has 0 aromatic carbocycles. The van der Waals surface area contributed by atoms with E-state index in [0.717, 1.165) is 25.9 Å². The Morgan fingerprint density at radius 3 is 2.88 bits per heavy atom. The van der Waals surface area contributed by atoms with E-state index in [1.54, 1.807) is 0 Å². The van der Waals surface area contributed by atoms with Crippen LogP contribution >= 0.6 is 0 Å². The summed E-state index contributed by atoms with van der Waals surface area (Å²) in [4.78, 5) is 20.0. The van der Waals surface area contributed by atoms with Crippen LogP contribution in [0, 0.1) is 16.4 Å². The molecule has 2 heterocycles. The predicted octanol–water partition coefficient (Wildman–Crippen LogP) is 1.04. The zero-order chi connectivity index (χ0) is 11.4. The van der Waals surface area contributed by atoms with Gasteiger partial charge in [0.2, 0.25) is 6.54 Å². The van der Waals surface area contributed by atoms with Gasteiger partial charge in [-0.05, 0) is 19.3 Å². The summed E-state index contributed by atoms with van der Waals surface area (Å²) in [7, 11) is 0. The van der Waals surface area contributed by atoms with E-state index in [2.05, 4.69) is 21.2 Å². The molecule has 1 fully saturated rings. The Labute approximate surface area is 93.5 Å². The van der Waals surface area contributed by atoms with Gasteiger partial charge < -0.3 is 4.90 Å². The quantitative estimate of drug-likeness (QED) is 0.563. The van der Waals surface area contributed by atoms with Crippen molar-refractivity contribution in [2.24, 2.45) is 0 Å². The maximum absolute atomic E-state index is 10.5. The molecule has 1 aliphatic heterocycles. The van der Waals surface area contributed by atoms with Crippen molar-refractivity contribution in [1.82, 2.24) is 9.97 Å². The molecule has 6 heteroatoms. The van der Waals surface area contributed by atoms with Gasteiger partial charge in [0.1, 0.15) is 5.82 Å². The molecular formula is C10H13N4O2. The summed E-state index contributed by atoms with van der Waals surface area (Å²) in [5.41, 5.74) is 0.575. The summed E-state index contributed by atoms with van der Waals surface area (Å²) in [5, 5.41) is 10.5. The van der Waals surface area contributed by atoms with E-state index in [0.29, 0.717) is 11.4 Å². The largest absolute Gasteiger partial charge is 0.356 e. The smallest absolute Gasteiger partial charge is 0.234 e. The van der Waals surface area contributed by atoms with E-state index < -0.39 is 0 Å². The second-order valence-electron chi connectivity index (χ2n) is 3.86. The number of anilines is 1. The molecule has 1 aromatic heterocycles. The van der Waals surface area contributed by atoms with E-state index in [4.69, 9.17) is 0 Å². The molecule has 0 amide bonds. The molecule has 1 radical (unpaired) electrons. The van der Waals surface area contributed by atoms with Crippen LogP contribution in [0.25, 0.3) is 0 Å². The second kappa shape index (κ2) is 4.87. The minimum atomic E-state index is -0.355. The highest BCUT2D eigenvalue weighted by molar-refractivity contribution is 5.45. The van der Waals surface area contributed by atoms with Gasteiger partial charge in [0, 0.05) is 24.2 Å². The lowest BCUT2D eigenvalue weighted by atomic mass is 10.1. The van der Waals surface area contributed by atoms with Crippen LogP contribution in [-0.2, 0) is 6.54 Å². The molecule has 2 rings (SSSR count). The Balaban J connectivity index is 2.20. The summed E-state index contributed by atoms with van der Waals surface area (Å²) in [6.45, 7) is 1.60. The topological polar surface area (TPSA) is 72.2 Å². The molecule has 0 unspecified atom stereocenters. The van der Waals surface area contributed by atoms with E-state index in [1.165, 1.54) is 12.6 Å². The molecule has 1 saturated heterocycles. The van der Waals surface area contributed by atoms with Crippen molar-refractivity contribution >= 4 is 5.82 Å². The predicted molar refractivity (Wildman–Crippen MR) is 57.6 cm³/mol. The third kappa shape index (κ3) is 2.44. The van der Waals surface area contributed by atoms with Crippen LogP contribution in [0.15, 0.2) is 6.20 Å². The van der Waals surface area contributed by atoms with E-state index in [1.807, 2.05) is 0 Å². The van der Waals surface area contributed by atoms with Crippen molar-refractivity contribution in [2.45, 2.75) is 25.8 Å². The zero-order valence-corrected chi connectivity index (χ0v) is 8.93. The maximum atomic E-state index is 10.5. The lowest BCUT2D eigenvalue weighted by molar-refractivity contribution is -0.496. The summed E-state index contributed by atoms with van der Waals surface area (Å²) >= 11 is 0. The Morgan fingerprint density at radius 1 is 1.44 bits per heavy atom. The lowest BCUT2D eigenvalue weighted by Crippen LogP contribution is -2.31. The van der Waals surface area contributed by atoms with Crippen molar-refractivity contribution < 1.29 is 4.92 Å². The van der Waals surface area contributed by atoms with Gasteiger partial charge in [-0.15, -0.1) is 0 Å². The molecule has 0 N–H and O–H groups in total. The third-order valence-corrected chi connectivity index (χ3v) is 2.68. The number of hydrogen-bond donors (Lipinski definition) is 0. The van der Waals surface area contributed by atoms with E-state index in [-0.39, 0.29) is 11.5 Å². The molecule has 0 atom stereocenters. The monoisotopic (exact) mass is 221 g/mol. The Kier molecular flexibility index (Phi) is 3.28. The van der Waals surface area contributed by atoms with Crippen molar-refractivity contribution in [3.8, 4) is 0 Å². The first kappa shape index (κ1) is 10.8. The SMILES string of the molecule is O=[N+]([O-])Cc1cn[c]nc1N1CCCCC1. The molecule has 16 heavy (non-hydrogen) atoms. The number of nitro groups is 1. The van der Waals surface area contributed by atoms with Crippen molar-refractivity contribution in [3.05, 3.63) is 28.2 Å². The average Bonchev–Trinajstić information content (AvgIpc) is 2.30. The lowest BCUT2D eigenvalue weighted by Gasteiger charge is -2.28. The van der Waals surface area contributed by atoms with Gasteiger partial charge in [0.05, 0.1) is 5.56 Å². The van der Waals surface area contributed by atoms with Crippen LogP contribution in [0.4, 0.5) is 5.82 Å². The summed E-state index contributed by atoms with van der Waals surface area (Å²) < 4.78 is 0. The van der Waals surface area contributed by atoms with Crippen LogP contribution in [-0.4, -0.2) is 28.0 Å². The molecule has 0 aliphatic carbocycles. The van der Waals surface area contributed by atoms with Gasteiger partial charge in [0.15, 0.2) is 6.33 Å². The van der Waals surface area contributed by atoms with E-state index >= 15 is 0 Å². The Morgan fingerprint density at radius 2 is 2.19 bits per heavy atom. The zero-order valence-electron chi connectivity index (χ0n) is 8.93. The van der Waals surface area contributed by atoms with Crippen LogP contribution in [0.3, 0.4) is 0 Å². The Bertz CT molecular complexity index is 377. The van der Waals surface area contributed by atoms with Crippen LogP contribution < -0.4 is 4.90 Å². The maximum Gasteiger partial charge on any atom is 0.234 e. The number of rotatable bonds is 3. The van der Waals surface area contributed by atoms with Crippen LogP contribution in [0.1, 0.15) is 24.8 Å².